The number of aliphatic hydroxyl groups is 1. The highest BCUT2D eigenvalue weighted by Crippen LogP contribution is 2.41. The minimum absolute atomic E-state index is 0.143. The molecule has 1 N–H and O–H groups in total. The zero-order chi connectivity index (χ0) is 14.8. The van der Waals surface area contributed by atoms with Gasteiger partial charge in [-0.1, -0.05) is 32.9 Å². The van der Waals surface area contributed by atoms with Gasteiger partial charge >= 0.3 is 0 Å². The maximum absolute atomic E-state index is 10.3. The molecule has 1 aliphatic rings. The van der Waals surface area contributed by atoms with Gasteiger partial charge in [0.1, 0.15) is 5.75 Å². The van der Waals surface area contributed by atoms with Crippen molar-refractivity contribution in [2.75, 3.05) is 7.11 Å². The second kappa shape index (κ2) is 6.17. The summed E-state index contributed by atoms with van der Waals surface area (Å²) in [5, 5.41) is 10.3. The average Bonchev–Trinajstić information content (AvgIpc) is 2.41. The smallest absolute Gasteiger partial charge is 0.118 e. The highest BCUT2D eigenvalue weighted by Gasteiger charge is 2.34. The van der Waals surface area contributed by atoms with E-state index >= 15 is 0 Å². The summed E-state index contributed by atoms with van der Waals surface area (Å²) in [6.07, 6.45) is 4.07. The van der Waals surface area contributed by atoms with Gasteiger partial charge < -0.3 is 9.84 Å². The molecule has 2 nitrogen and oxygen atoms in total. The summed E-state index contributed by atoms with van der Waals surface area (Å²) in [5.74, 6) is 2.00. The highest BCUT2D eigenvalue weighted by atomic mass is 16.5. The molecule has 112 valence electrons. The molecule has 1 saturated carbocycles. The van der Waals surface area contributed by atoms with E-state index in [1.54, 1.807) is 7.11 Å². The summed E-state index contributed by atoms with van der Waals surface area (Å²) in [6.45, 7) is 6.96. The van der Waals surface area contributed by atoms with Crippen LogP contribution in [0, 0.1) is 17.3 Å². The first-order valence-corrected chi connectivity index (χ1v) is 7.71. The van der Waals surface area contributed by atoms with E-state index in [0.29, 0.717) is 17.3 Å². The van der Waals surface area contributed by atoms with Crippen LogP contribution < -0.4 is 4.74 Å². The van der Waals surface area contributed by atoms with Gasteiger partial charge in [-0.2, -0.15) is 0 Å². The van der Waals surface area contributed by atoms with Crippen LogP contribution in [0.4, 0.5) is 0 Å². The molecular weight excluding hydrogens is 248 g/mol. The van der Waals surface area contributed by atoms with E-state index in [9.17, 15) is 5.11 Å². The molecule has 0 saturated heterocycles. The van der Waals surface area contributed by atoms with Gasteiger partial charge in [0.25, 0.3) is 0 Å². The number of rotatable bonds is 3. The third kappa shape index (κ3) is 3.76. The Morgan fingerprint density at radius 3 is 2.35 bits per heavy atom. The number of ether oxygens (including phenoxy) is 1. The van der Waals surface area contributed by atoms with Crippen molar-refractivity contribution in [1.29, 1.82) is 0 Å². The van der Waals surface area contributed by atoms with E-state index in [-0.39, 0.29) is 6.10 Å². The Balaban J connectivity index is 2.02. The molecule has 0 spiro atoms. The Morgan fingerprint density at radius 1 is 1.15 bits per heavy atom. The summed E-state index contributed by atoms with van der Waals surface area (Å²) >= 11 is 0. The van der Waals surface area contributed by atoms with E-state index in [4.69, 9.17) is 4.74 Å². The van der Waals surface area contributed by atoms with Crippen LogP contribution in [0.5, 0.6) is 5.75 Å². The van der Waals surface area contributed by atoms with E-state index < -0.39 is 0 Å². The number of methoxy groups -OCH3 is 1. The fourth-order valence-corrected chi connectivity index (χ4v) is 3.32. The predicted molar refractivity (Wildman–Crippen MR) is 83.0 cm³/mol. The molecular formula is C18H28O2. The van der Waals surface area contributed by atoms with Crippen molar-refractivity contribution in [3.63, 3.8) is 0 Å². The van der Waals surface area contributed by atoms with Crippen LogP contribution in [0.15, 0.2) is 24.3 Å². The van der Waals surface area contributed by atoms with E-state index in [0.717, 1.165) is 31.4 Å². The fraction of sp³-hybridized carbons (Fsp3) is 0.667. The van der Waals surface area contributed by atoms with Gasteiger partial charge in [-0.25, -0.2) is 0 Å². The third-order valence-corrected chi connectivity index (χ3v) is 4.82. The van der Waals surface area contributed by atoms with Crippen molar-refractivity contribution < 1.29 is 9.84 Å². The topological polar surface area (TPSA) is 29.5 Å². The minimum atomic E-state index is -0.143. The quantitative estimate of drug-likeness (QED) is 0.902. The van der Waals surface area contributed by atoms with Gasteiger partial charge in [-0.05, 0) is 60.6 Å². The van der Waals surface area contributed by atoms with Crippen LogP contribution in [-0.2, 0) is 6.42 Å². The van der Waals surface area contributed by atoms with Crippen molar-refractivity contribution >= 4 is 0 Å². The Labute approximate surface area is 123 Å². The molecule has 1 aliphatic carbocycles. The largest absolute Gasteiger partial charge is 0.497 e. The van der Waals surface area contributed by atoms with Gasteiger partial charge in [0, 0.05) is 0 Å². The van der Waals surface area contributed by atoms with E-state index in [1.807, 2.05) is 12.1 Å². The molecule has 2 rings (SSSR count). The van der Waals surface area contributed by atoms with Crippen molar-refractivity contribution in [2.24, 2.45) is 17.3 Å². The van der Waals surface area contributed by atoms with Crippen LogP contribution in [-0.4, -0.2) is 18.3 Å². The lowest BCUT2D eigenvalue weighted by atomic mass is 9.67. The molecule has 0 bridgehead atoms. The standard InChI is InChI=1S/C18H28O2/c1-18(2,3)15-7-10-17(19)14(12-15)11-13-5-8-16(20-4)9-6-13/h5-6,8-9,14-15,17,19H,7,10-12H2,1-4H3. The molecule has 1 aromatic carbocycles. The maximum Gasteiger partial charge on any atom is 0.118 e. The van der Waals surface area contributed by atoms with Crippen molar-refractivity contribution in [1.82, 2.24) is 0 Å². The number of hydrogen-bond donors (Lipinski definition) is 1. The lowest BCUT2D eigenvalue weighted by molar-refractivity contribution is 0.0196. The van der Waals surface area contributed by atoms with Crippen molar-refractivity contribution in [2.45, 2.75) is 52.6 Å². The summed E-state index contributed by atoms with van der Waals surface area (Å²) in [6, 6.07) is 8.25. The Bertz CT molecular complexity index is 416. The average molecular weight is 276 g/mol. The van der Waals surface area contributed by atoms with Gasteiger partial charge in [0.2, 0.25) is 0 Å². The van der Waals surface area contributed by atoms with Gasteiger partial charge in [0.15, 0.2) is 0 Å². The maximum atomic E-state index is 10.3. The molecule has 20 heavy (non-hydrogen) atoms. The van der Waals surface area contributed by atoms with Crippen LogP contribution in [0.3, 0.4) is 0 Å². The molecule has 0 aromatic heterocycles. The normalized spacial score (nSPS) is 27.4. The van der Waals surface area contributed by atoms with E-state index in [1.165, 1.54) is 5.56 Å². The molecule has 0 aliphatic heterocycles. The van der Waals surface area contributed by atoms with Gasteiger partial charge in [0.05, 0.1) is 13.2 Å². The van der Waals surface area contributed by atoms with Crippen LogP contribution in [0.1, 0.15) is 45.6 Å². The van der Waals surface area contributed by atoms with Crippen LogP contribution in [0.25, 0.3) is 0 Å². The van der Waals surface area contributed by atoms with Crippen LogP contribution >= 0.6 is 0 Å². The zero-order valence-corrected chi connectivity index (χ0v) is 13.2. The van der Waals surface area contributed by atoms with E-state index in [2.05, 4.69) is 32.9 Å². The summed E-state index contributed by atoms with van der Waals surface area (Å²) < 4.78 is 5.19. The molecule has 3 atom stereocenters. The second-order valence-electron chi connectivity index (χ2n) is 7.26. The molecule has 0 amide bonds. The number of hydrogen-bond acceptors (Lipinski definition) is 2. The molecule has 1 aromatic rings. The first-order chi connectivity index (χ1) is 9.40. The first kappa shape index (κ1) is 15.4. The molecule has 1 fully saturated rings. The highest BCUT2D eigenvalue weighted by molar-refractivity contribution is 5.27. The monoisotopic (exact) mass is 276 g/mol. The predicted octanol–water partition coefficient (Wildman–Crippen LogP) is 4.06. The van der Waals surface area contributed by atoms with Gasteiger partial charge in [-0.3, -0.25) is 0 Å². The number of benzene rings is 1. The second-order valence-corrected chi connectivity index (χ2v) is 7.26. The number of aliphatic hydroxyl groups excluding tert-OH is 1. The molecule has 2 heteroatoms. The minimum Gasteiger partial charge on any atom is -0.497 e. The SMILES string of the molecule is COc1ccc(CC2CC(C(C)(C)C)CCC2O)cc1. The first-order valence-electron chi connectivity index (χ1n) is 7.71. The van der Waals surface area contributed by atoms with Gasteiger partial charge in [-0.15, -0.1) is 0 Å². The Kier molecular flexibility index (Phi) is 4.74. The molecule has 0 heterocycles. The summed E-state index contributed by atoms with van der Waals surface area (Å²) in [7, 11) is 1.69. The van der Waals surface area contributed by atoms with Crippen molar-refractivity contribution in [3.8, 4) is 5.75 Å². The zero-order valence-electron chi connectivity index (χ0n) is 13.2. The molecule has 3 unspecified atom stereocenters. The fourth-order valence-electron chi connectivity index (χ4n) is 3.32. The van der Waals surface area contributed by atoms with Crippen molar-refractivity contribution in [3.05, 3.63) is 29.8 Å². The van der Waals surface area contributed by atoms with Crippen LogP contribution in [0.2, 0.25) is 0 Å². The lowest BCUT2D eigenvalue weighted by Crippen LogP contribution is -2.35. The molecule has 0 radical (unpaired) electrons. The summed E-state index contributed by atoms with van der Waals surface area (Å²) in [5.41, 5.74) is 1.64. The third-order valence-electron chi connectivity index (χ3n) is 4.82. The lowest BCUT2D eigenvalue weighted by Gasteiger charge is -2.40. The Morgan fingerprint density at radius 2 is 1.80 bits per heavy atom. The summed E-state index contributed by atoms with van der Waals surface area (Å²) in [4.78, 5) is 0. The Hall–Kier alpha value is -1.02.